The summed E-state index contributed by atoms with van der Waals surface area (Å²) in [5.74, 6) is -0.208. The van der Waals surface area contributed by atoms with Crippen LogP contribution in [0, 0.1) is 5.82 Å². The molecule has 0 fully saturated rings. The van der Waals surface area contributed by atoms with E-state index in [0.717, 1.165) is 21.9 Å². The molecule has 0 aliphatic carbocycles. The smallest absolute Gasteiger partial charge is 0.124 e. The van der Waals surface area contributed by atoms with Crippen LogP contribution in [-0.2, 0) is 6.54 Å². The van der Waals surface area contributed by atoms with Crippen molar-refractivity contribution in [2.24, 2.45) is 0 Å². The Bertz CT molecular complexity index is 560. The maximum atomic E-state index is 13.6. The van der Waals surface area contributed by atoms with Crippen molar-refractivity contribution < 1.29 is 4.39 Å². The largest absolute Gasteiger partial charge is 0.313 e. The third-order valence-electron chi connectivity index (χ3n) is 2.54. The summed E-state index contributed by atoms with van der Waals surface area (Å²) in [6, 6.07) is 12.7. The lowest BCUT2D eigenvalue weighted by Gasteiger charge is -2.07. The molecule has 100 valence electrons. The molecule has 2 rings (SSSR count). The molecular weight excluding hydrogens is 281 g/mol. The van der Waals surface area contributed by atoms with Gasteiger partial charge in [-0.15, -0.1) is 0 Å². The van der Waals surface area contributed by atoms with Gasteiger partial charge in [0.15, 0.2) is 0 Å². The standard InChI is InChI=1S/C15H15ClFNS/c1-2-18-10-11-6-13(17)9-15(7-11)19-14-5-3-4-12(16)8-14/h3-9,18H,2,10H2,1H3. The van der Waals surface area contributed by atoms with E-state index in [2.05, 4.69) is 5.32 Å². The Balaban J connectivity index is 2.17. The van der Waals surface area contributed by atoms with Gasteiger partial charge in [0.25, 0.3) is 0 Å². The Hall–Kier alpha value is -1.03. The minimum atomic E-state index is -0.208. The van der Waals surface area contributed by atoms with E-state index in [1.165, 1.54) is 11.8 Å². The van der Waals surface area contributed by atoms with Crippen molar-refractivity contribution in [2.45, 2.75) is 23.3 Å². The normalized spacial score (nSPS) is 10.7. The van der Waals surface area contributed by atoms with Gasteiger partial charge in [-0.2, -0.15) is 0 Å². The van der Waals surface area contributed by atoms with Crippen LogP contribution in [0.3, 0.4) is 0 Å². The minimum Gasteiger partial charge on any atom is -0.313 e. The number of rotatable bonds is 5. The second kappa shape index (κ2) is 6.94. The fourth-order valence-electron chi connectivity index (χ4n) is 1.72. The van der Waals surface area contributed by atoms with Crippen LogP contribution in [0.2, 0.25) is 5.02 Å². The zero-order chi connectivity index (χ0) is 13.7. The number of benzene rings is 2. The lowest BCUT2D eigenvalue weighted by molar-refractivity contribution is 0.617. The van der Waals surface area contributed by atoms with Gasteiger partial charge in [0.2, 0.25) is 0 Å². The molecule has 0 unspecified atom stereocenters. The molecule has 4 heteroatoms. The van der Waals surface area contributed by atoms with Gasteiger partial charge in [0, 0.05) is 21.4 Å². The first kappa shape index (κ1) is 14.4. The summed E-state index contributed by atoms with van der Waals surface area (Å²) in [6.07, 6.45) is 0. The quantitative estimate of drug-likeness (QED) is 0.855. The first-order valence-corrected chi connectivity index (χ1v) is 7.30. The van der Waals surface area contributed by atoms with E-state index in [1.807, 2.05) is 37.3 Å². The fourth-order valence-corrected chi connectivity index (χ4v) is 2.96. The molecule has 0 atom stereocenters. The van der Waals surface area contributed by atoms with Crippen molar-refractivity contribution in [2.75, 3.05) is 6.54 Å². The molecule has 2 aromatic carbocycles. The van der Waals surface area contributed by atoms with E-state index in [-0.39, 0.29) is 5.82 Å². The number of hydrogen-bond acceptors (Lipinski definition) is 2. The molecule has 0 radical (unpaired) electrons. The lowest BCUT2D eigenvalue weighted by atomic mass is 10.2. The van der Waals surface area contributed by atoms with E-state index < -0.39 is 0 Å². The van der Waals surface area contributed by atoms with Crippen LogP contribution in [0.5, 0.6) is 0 Å². The summed E-state index contributed by atoms with van der Waals surface area (Å²) >= 11 is 7.46. The zero-order valence-electron chi connectivity index (χ0n) is 10.6. The molecule has 0 amide bonds. The van der Waals surface area contributed by atoms with Gasteiger partial charge < -0.3 is 5.32 Å². The van der Waals surface area contributed by atoms with Gasteiger partial charge in [-0.3, -0.25) is 0 Å². The highest BCUT2D eigenvalue weighted by molar-refractivity contribution is 7.99. The molecule has 0 aliphatic heterocycles. The Labute approximate surface area is 122 Å². The Morgan fingerprint density at radius 3 is 2.74 bits per heavy atom. The average Bonchev–Trinajstić information content (AvgIpc) is 2.35. The highest BCUT2D eigenvalue weighted by Crippen LogP contribution is 2.30. The van der Waals surface area contributed by atoms with Gasteiger partial charge in [-0.05, 0) is 48.5 Å². The summed E-state index contributed by atoms with van der Waals surface area (Å²) in [5.41, 5.74) is 0.950. The van der Waals surface area contributed by atoms with Crippen molar-refractivity contribution in [3.63, 3.8) is 0 Å². The van der Waals surface area contributed by atoms with Gasteiger partial charge in [0.05, 0.1) is 0 Å². The van der Waals surface area contributed by atoms with Crippen molar-refractivity contribution in [1.29, 1.82) is 0 Å². The predicted molar refractivity (Wildman–Crippen MR) is 79.4 cm³/mol. The summed E-state index contributed by atoms with van der Waals surface area (Å²) in [6.45, 7) is 3.57. The van der Waals surface area contributed by atoms with Crippen molar-refractivity contribution in [1.82, 2.24) is 5.32 Å². The van der Waals surface area contributed by atoms with E-state index in [0.29, 0.717) is 11.6 Å². The topological polar surface area (TPSA) is 12.0 Å². The predicted octanol–water partition coefficient (Wildman–Crippen LogP) is 4.74. The SMILES string of the molecule is CCNCc1cc(F)cc(Sc2cccc(Cl)c2)c1. The van der Waals surface area contributed by atoms with Gasteiger partial charge in [-0.1, -0.05) is 36.4 Å². The van der Waals surface area contributed by atoms with Crippen LogP contribution >= 0.6 is 23.4 Å². The lowest BCUT2D eigenvalue weighted by Crippen LogP contribution is -2.11. The second-order valence-corrected chi connectivity index (χ2v) is 5.72. The molecule has 0 saturated carbocycles. The van der Waals surface area contributed by atoms with Crippen LogP contribution in [0.15, 0.2) is 52.3 Å². The Morgan fingerprint density at radius 1 is 1.16 bits per heavy atom. The average molecular weight is 296 g/mol. The third kappa shape index (κ3) is 4.53. The maximum absolute atomic E-state index is 13.6. The second-order valence-electron chi connectivity index (χ2n) is 4.13. The summed E-state index contributed by atoms with van der Waals surface area (Å²) in [5, 5.41) is 3.88. The van der Waals surface area contributed by atoms with Crippen molar-refractivity contribution >= 4 is 23.4 Å². The molecular formula is C15H15ClFNS. The van der Waals surface area contributed by atoms with E-state index in [1.54, 1.807) is 12.1 Å². The molecule has 0 aliphatic rings. The molecule has 1 nitrogen and oxygen atoms in total. The number of hydrogen-bond donors (Lipinski definition) is 1. The molecule has 19 heavy (non-hydrogen) atoms. The zero-order valence-corrected chi connectivity index (χ0v) is 12.2. The van der Waals surface area contributed by atoms with Gasteiger partial charge in [0.1, 0.15) is 5.82 Å². The highest BCUT2D eigenvalue weighted by atomic mass is 35.5. The Kier molecular flexibility index (Phi) is 5.25. The summed E-state index contributed by atoms with van der Waals surface area (Å²) in [4.78, 5) is 1.89. The van der Waals surface area contributed by atoms with Crippen LogP contribution < -0.4 is 5.32 Å². The molecule has 0 bridgehead atoms. The van der Waals surface area contributed by atoms with Crippen LogP contribution in [-0.4, -0.2) is 6.54 Å². The van der Waals surface area contributed by atoms with E-state index >= 15 is 0 Å². The van der Waals surface area contributed by atoms with E-state index in [9.17, 15) is 4.39 Å². The van der Waals surface area contributed by atoms with Crippen molar-refractivity contribution in [3.05, 3.63) is 58.9 Å². The first-order chi connectivity index (χ1) is 9.17. The first-order valence-electron chi connectivity index (χ1n) is 6.11. The van der Waals surface area contributed by atoms with Gasteiger partial charge >= 0.3 is 0 Å². The highest BCUT2D eigenvalue weighted by Gasteiger charge is 2.03. The molecule has 1 N–H and O–H groups in total. The summed E-state index contributed by atoms with van der Waals surface area (Å²) < 4.78 is 13.6. The third-order valence-corrected chi connectivity index (χ3v) is 3.74. The van der Waals surface area contributed by atoms with E-state index in [4.69, 9.17) is 11.6 Å². The Morgan fingerprint density at radius 2 is 2.00 bits per heavy atom. The molecule has 2 aromatic rings. The molecule has 0 aromatic heterocycles. The van der Waals surface area contributed by atoms with Gasteiger partial charge in [-0.25, -0.2) is 4.39 Å². The van der Waals surface area contributed by atoms with Crippen LogP contribution in [0.4, 0.5) is 4.39 Å². The number of nitrogens with one attached hydrogen (secondary N) is 1. The van der Waals surface area contributed by atoms with Crippen molar-refractivity contribution in [3.8, 4) is 0 Å². The molecule has 0 heterocycles. The molecule has 0 saturated heterocycles. The fraction of sp³-hybridized carbons (Fsp3) is 0.200. The monoisotopic (exact) mass is 295 g/mol. The summed E-state index contributed by atoms with van der Waals surface area (Å²) in [7, 11) is 0. The number of halogens is 2. The minimum absolute atomic E-state index is 0.208. The molecule has 0 spiro atoms. The van der Waals surface area contributed by atoms with Crippen LogP contribution in [0.1, 0.15) is 12.5 Å². The van der Waals surface area contributed by atoms with Crippen LogP contribution in [0.25, 0.3) is 0 Å². The maximum Gasteiger partial charge on any atom is 0.124 e.